The van der Waals surface area contributed by atoms with E-state index in [-0.39, 0.29) is 49.8 Å². The lowest BCUT2D eigenvalue weighted by molar-refractivity contribution is -0.147. The van der Waals surface area contributed by atoms with Gasteiger partial charge in [0, 0.05) is 36.0 Å². The molecule has 0 radical (unpaired) electrons. The Morgan fingerprint density at radius 2 is 1.57 bits per heavy atom. The van der Waals surface area contributed by atoms with Crippen LogP contribution in [0.15, 0.2) is 66.7 Å². The molecular formula is C28H28N2O5. The number of imide groups is 1. The van der Waals surface area contributed by atoms with Gasteiger partial charge >= 0.3 is 5.97 Å². The van der Waals surface area contributed by atoms with Gasteiger partial charge in [0.05, 0.1) is 12.5 Å². The Labute approximate surface area is 204 Å². The minimum absolute atomic E-state index is 0.129. The second-order valence-corrected chi connectivity index (χ2v) is 8.52. The number of amides is 3. The van der Waals surface area contributed by atoms with Crippen molar-refractivity contribution in [1.82, 2.24) is 10.2 Å². The summed E-state index contributed by atoms with van der Waals surface area (Å²) in [6, 6.07) is 20.4. The Kier molecular flexibility index (Phi) is 7.55. The first-order valence-corrected chi connectivity index (χ1v) is 11.8. The van der Waals surface area contributed by atoms with E-state index in [1.165, 1.54) is 4.90 Å². The maximum atomic E-state index is 13.0. The fraction of sp³-hybridized carbons (Fsp3) is 0.286. The predicted molar refractivity (Wildman–Crippen MR) is 132 cm³/mol. The first kappa shape index (κ1) is 24.1. The van der Waals surface area contributed by atoms with Gasteiger partial charge in [-0.3, -0.25) is 24.1 Å². The van der Waals surface area contributed by atoms with Crippen molar-refractivity contribution in [2.45, 2.75) is 26.2 Å². The molecule has 0 fully saturated rings. The maximum Gasteiger partial charge on any atom is 0.311 e. The summed E-state index contributed by atoms with van der Waals surface area (Å²) in [7, 11) is 0. The smallest absolute Gasteiger partial charge is 0.311 e. The molecule has 1 aliphatic heterocycles. The molecule has 7 nitrogen and oxygen atoms in total. The molecule has 0 aromatic heterocycles. The molecule has 0 spiro atoms. The van der Waals surface area contributed by atoms with Crippen LogP contribution in [0.25, 0.3) is 10.8 Å². The van der Waals surface area contributed by atoms with Gasteiger partial charge in [-0.15, -0.1) is 0 Å². The van der Waals surface area contributed by atoms with E-state index in [0.717, 1.165) is 10.9 Å². The molecule has 3 amide bonds. The van der Waals surface area contributed by atoms with Gasteiger partial charge in [-0.2, -0.15) is 0 Å². The van der Waals surface area contributed by atoms with E-state index in [1.54, 1.807) is 31.2 Å². The highest BCUT2D eigenvalue weighted by atomic mass is 16.5. The summed E-state index contributed by atoms with van der Waals surface area (Å²) in [5, 5.41) is 4.34. The monoisotopic (exact) mass is 472 g/mol. The third-order valence-electron chi connectivity index (χ3n) is 6.13. The molecule has 1 aliphatic rings. The fourth-order valence-corrected chi connectivity index (χ4v) is 4.40. The van der Waals surface area contributed by atoms with E-state index in [9.17, 15) is 19.2 Å². The number of esters is 1. The molecule has 1 heterocycles. The Bertz CT molecular complexity index is 1200. The van der Waals surface area contributed by atoms with Crippen molar-refractivity contribution in [3.63, 3.8) is 0 Å². The fourth-order valence-electron chi connectivity index (χ4n) is 4.40. The SMILES string of the molecule is CCOC(=O)C(CNC(=O)CCCN1C(=O)c2cccc3cccc(c23)C1=O)Cc1ccccc1. The summed E-state index contributed by atoms with van der Waals surface area (Å²) >= 11 is 0. The molecule has 0 saturated carbocycles. The normalized spacial score (nSPS) is 13.6. The summed E-state index contributed by atoms with van der Waals surface area (Å²) < 4.78 is 5.17. The van der Waals surface area contributed by atoms with Crippen molar-refractivity contribution in [3.05, 3.63) is 83.4 Å². The van der Waals surface area contributed by atoms with E-state index in [4.69, 9.17) is 4.74 Å². The van der Waals surface area contributed by atoms with Crippen LogP contribution in [0.5, 0.6) is 0 Å². The van der Waals surface area contributed by atoms with Gasteiger partial charge in [-0.25, -0.2) is 0 Å². The third-order valence-corrected chi connectivity index (χ3v) is 6.13. The molecule has 0 aliphatic carbocycles. The number of rotatable bonds is 10. The largest absolute Gasteiger partial charge is 0.466 e. The van der Waals surface area contributed by atoms with Gasteiger partial charge in [-0.1, -0.05) is 54.6 Å². The lowest BCUT2D eigenvalue weighted by Gasteiger charge is -2.27. The number of benzene rings is 3. The zero-order valence-corrected chi connectivity index (χ0v) is 19.7. The third kappa shape index (κ3) is 5.40. The van der Waals surface area contributed by atoms with Crippen LogP contribution < -0.4 is 5.32 Å². The summed E-state index contributed by atoms with van der Waals surface area (Å²) in [5.41, 5.74) is 1.98. The zero-order chi connectivity index (χ0) is 24.8. The van der Waals surface area contributed by atoms with Crippen LogP contribution in [0.1, 0.15) is 46.0 Å². The molecule has 1 unspecified atom stereocenters. The number of ether oxygens (including phenoxy) is 1. The van der Waals surface area contributed by atoms with E-state index in [1.807, 2.05) is 42.5 Å². The highest BCUT2D eigenvalue weighted by Gasteiger charge is 2.32. The maximum absolute atomic E-state index is 13.0. The molecule has 180 valence electrons. The van der Waals surface area contributed by atoms with E-state index >= 15 is 0 Å². The molecule has 1 N–H and O–H groups in total. The van der Waals surface area contributed by atoms with Gasteiger partial charge in [0.15, 0.2) is 0 Å². The first-order chi connectivity index (χ1) is 17.0. The first-order valence-electron chi connectivity index (χ1n) is 11.8. The Morgan fingerprint density at radius 3 is 2.20 bits per heavy atom. The standard InChI is InChI=1S/C28H28N2O5/c1-2-35-28(34)21(17-19-9-4-3-5-10-19)18-29-24(31)15-8-16-30-26(32)22-13-6-11-20-12-7-14-23(25(20)22)27(30)33/h3-7,9-14,21H,2,8,15-18H2,1H3,(H,29,31). The van der Waals surface area contributed by atoms with Crippen LogP contribution in [0, 0.1) is 5.92 Å². The summed E-state index contributed by atoms with van der Waals surface area (Å²) in [5.74, 6) is -1.78. The minimum atomic E-state index is -0.497. The second-order valence-electron chi connectivity index (χ2n) is 8.52. The molecule has 1 atom stereocenters. The van der Waals surface area contributed by atoms with Crippen molar-refractivity contribution in [3.8, 4) is 0 Å². The molecule has 35 heavy (non-hydrogen) atoms. The van der Waals surface area contributed by atoms with Crippen molar-refractivity contribution < 1.29 is 23.9 Å². The van der Waals surface area contributed by atoms with Gasteiger partial charge in [0.1, 0.15) is 0 Å². The highest BCUT2D eigenvalue weighted by molar-refractivity contribution is 6.25. The van der Waals surface area contributed by atoms with E-state index < -0.39 is 5.92 Å². The van der Waals surface area contributed by atoms with Gasteiger partial charge in [0.25, 0.3) is 11.8 Å². The quantitative estimate of drug-likeness (QED) is 0.358. The van der Waals surface area contributed by atoms with Crippen molar-refractivity contribution in [2.75, 3.05) is 19.7 Å². The molecular weight excluding hydrogens is 444 g/mol. The Balaban J connectivity index is 1.32. The molecule has 3 aromatic carbocycles. The Hall–Kier alpha value is -4.00. The summed E-state index contributed by atoms with van der Waals surface area (Å²) in [4.78, 5) is 52.0. The van der Waals surface area contributed by atoms with Crippen LogP contribution in [0.4, 0.5) is 0 Å². The summed E-state index contributed by atoms with van der Waals surface area (Å²) in [6.07, 6.45) is 0.912. The molecule has 0 bridgehead atoms. The van der Waals surface area contributed by atoms with E-state index in [0.29, 0.717) is 29.4 Å². The summed E-state index contributed by atoms with van der Waals surface area (Å²) in [6.45, 7) is 2.32. The average Bonchev–Trinajstić information content (AvgIpc) is 2.87. The van der Waals surface area contributed by atoms with Crippen LogP contribution in [-0.4, -0.2) is 48.3 Å². The van der Waals surface area contributed by atoms with Crippen LogP contribution in [-0.2, 0) is 20.7 Å². The number of carbonyl (C=O) groups is 4. The lowest BCUT2D eigenvalue weighted by Crippen LogP contribution is -2.41. The van der Waals surface area contributed by atoms with Crippen molar-refractivity contribution >= 4 is 34.5 Å². The van der Waals surface area contributed by atoms with Gasteiger partial charge < -0.3 is 10.1 Å². The topological polar surface area (TPSA) is 92.8 Å². The number of hydrogen-bond acceptors (Lipinski definition) is 5. The average molecular weight is 473 g/mol. The van der Waals surface area contributed by atoms with Crippen LogP contribution in [0.2, 0.25) is 0 Å². The van der Waals surface area contributed by atoms with Crippen LogP contribution >= 0.6 is 0 Å². The number of carbonyl (C=O) groups excluding carboxylic acids is 4. The van der Waals surface area contributed by atoms with E-state index in [2.05, 4.69) is 5.32 Å². The van der Waals surface area contributed by atoms with Crippen molar-refractivity contribution in [2.24, 2.45) is 5.92 Å². The number of nitrogens with zero attached hydrogens (tertiary/aromatic N) is 1. The molecule has 3 aromatic rings. The van der Waals surface area contributed by atoms with Crippen LogP contribution in [0.3, 0.4) is 0 Å². The molecule has 7 heteroatoms. The number of nitrogens with one attached hydrogen (secondary N) is 1. The Morgan fingerprint density at radius 1 is 0.914 bits per heavy atom. The zero-order valence-electron chi connectivity index (χ0n) is 19.7. The lowest BCUT2D eigenvalue weighted by atomic mass is 9.94. The molecule has 4 rings (SSSR count). The van der Waals surface area contributed by atoms with Gasteiger partial charge in [-0.05, 0) is 42.8 Å². The molecule has 0 saturated heterocycles. The van der Waals surface area contributed by atoms with Crippen molar-refractivity contribution in [1.29, 1.82) is 0 Å². The van der Waals surface area contributed by atoms with Gasteiger partial charge in [0.2, 0.25) is 5.91 Å². The second kappa shape index (κ2) is 11.0. The predicted octanol–water partition coefficient (Wildman–Crippen LogP) is 3.75. The highest BCUT2D eigenvalue weighted by Crippen LogP contribution is 2.30. The number of hydrogen-bond donors (Lipinski definition) is 1. The minimum Gasteiger partial charge on any atom is -0.466 e.